The van der Waals surface area contributed by atoms with Crippen molar-refractivity contribution in [3.05, 3.63) is 12.7 Å². The summed E-state index contributed by atoms with van der Waals surface area (Å²) in [5.41, 5.74) is 0.891. The first kappa shape index (κ1) is 44.5. The zero-order chi connectivity index (χ0) is 41.1. The van der Waals surface area contributed by atoms with E-state index in [0.29, 0.717) is 23.6 Å². The molecule has 2 saturated heterocycles. The van der Waals surface area contributed by atoms with Gasteiger partial charge in [0.15, 0.2) is 60.2 Å². The molecule has 0 radical (unpaired) electrons. The van der Waals surface area contributed by atoms with Gasteiger partial charge in [-0.1, -0.05) is 62.3 Å². The molecule has 0 aromatic carbocycles. The lowest BCUT2D eigenvalue weighted by Gasteiger charge is -2.44. The molecular weight excluding hydrogens is 739 g/mol. The number of hydrogen-bond donors (Lipinski definition) is 0. The predicted octanol–water partition coefficient (Wildman–Crippen LogP) is 7.99. The molecule has 0 amide bonds. The van der Waals surface area contributed by atoms with Crippen LogP contribution in [-0.4, -0.2) is 106 Å². The highest BCUT2D eigenvalue weighted by molar-refractivity contribution is 6.75. The van der Waals surface area contributed by atoms with E-state index in [1.807, 2.05) is 4.57 Å². The minimum absolute atomic E-state index is 0.00273. The molecule has 2 aliphatic heterocycles. The second-order valence-corrected chi connectivity index (χ2v) is 34.4. The molecule has 0 saturated carbocycles. The number of nitrogens with zero attached hydrogens (tertiary/aromatic N) is 5. The van der Waals surface area contributed by atoms with Gasteiger partial charge in [-0.3, -0.25) is 4.57 Å². The van der Waals surface area contributed by atoms with Gasteiger partial charge in [0, 0.05) is 0 Å². The summed E-state index contributed by atoms with van der Waals surface area (Å²) in [6.07, 6.45) is 0.305. The lowest BCUT2D eigenvalue weighted by atomic mass is 10.1. The summed E-state index contributed by atoms with van der Waals surface area (Å²) in [5.74, 6) is -0.722. The van der Waals surface area contributed by atoms with Crippen molar-refractivity contribution >= 4 is 53.9 Å². The zero-order valence-electron chi connectivity index (χ0n) is 36.5. The van der Waals surface area contributed by atoms with Crippen LogP contribution in [0.25, 0.3) is 11.2 Å². The van der Waals surface area contributed by atoms with Crippen LogP contribution in [0, 0.1) is 0 Å². The standard InChI is InChI=1S/C38H69N5O8Si3/c1-23(2)47-34(44)27-28(35(45)48-24(3)4)43(27)32-26-31(39-21-40-32)42(22-41-26)33-30(51-54(18,19)38(11,12)13)29(50-53(16,17)37(8,9)10)25(49-33)20-46-52(14,15)36(5,6)7/h21-25,27-30,33H,20H2,1-19H3/t25-,27+,28+,29-,30-,33-/m1/s1. The van der Waals surface area contributed by atoms with Crippen molar-refractivity contribution < 1.29 is 37.1 Å². The molecule has 0 aliphatic carbocycles. The second-order valence-electron chi connectivity index (χ2n) is 20.1. The Bertz CT molecular complexity index is 1630. The van der Waals surface area contributed by atoms with Crippen LogP contribution in [0.1, 0.15) is 96.2 Å². The highest BCUT2D eigenvalue weighted by Crippen LogP contribution is 2.48. The van der Waals surface area contributed by atoms with Crippen molar-refractivity contribution in [3.8, 4) is 0 Å². The molecule has 0 spiro atoms. The van der Waals surface area contributed by atoms with E-state index in [4.69, 9.17) is 37.5 Å². The first-order valence-corrected chi connectivity index (χ1v) is 28.2. The summed E-state index contributed by atoms with van der Waals surface area (Å²) >= 11 is 0. The lowest BCUT2D eigenvalue weighted by molar-refractivity contribution is -0.151. The molecule has 2 aromatic rings. The van der Waals surface area contributed by atoms with Crippen LogP contribution in [0.2, 0.25) is 54.4 Å². The van der Waals surface area contributed by atoms with E-state index in [0.717, 1.165) is 0 Å². The molecule has 2 aliphatic rings. The Hall–Kier alpha value is -2.22. The largest absolute Gasteiger partial charge is 0.461 e. The van der Waals surface area contributed by atoms with Crippen LogP contribution in [0.4, 0.5) is 5.82 Å². The monoisotopic (exact) mass is 807 g/mol. The Kier molecular flexibility index (Phi) is 12.6. The molecule has 2 aromatic heterocycles. The van der Waals surface area contributed by atoms with E-state index in [9.17, 15) is 9.59 Å². The third-order valence-electron chi connectivity index (χ3n) is 12.0. The number of carbonyl (C=O) groups is 2. The molecule has 54 heavy (non-hydrogen) atoms. The van der Waals surface area contributed by atoms with E-state index in [1.54, 1.807) is 38.9 Å². The summed E-state index contributed by atoms with van der Waals surface area (Å²) < 4.78 is 41.6. The van der Waals surface area contributed by atoms with Gasteiger partial charge in [-0.25, -0.2) is 24.5 Å². The van der Waals surface area contributed by atoms with Crippen LogP contribution in [0.5, 0.6) is 0 Å². The number of carbonyl (C=O) groups excluding carboxylic acids is 2. The maximum atomic E-state index is 13.3. The maximum Gasteiger partial charge on any atom is 0.331 e. The van der Waals surface area contributed by atoms with Gasteiger partial charge in [-0.05, 0) is 82.1 Å². The topological polar surface area (TPSA) is 136 Å². The highest BCUT2D eigenvalue weighted by Gasteiger charge is 2.61. The molecule has 16 heteroatoms. The van der Waals surface area contributed by atoms with Gasteiger partial charge in [0.25, 0.3) is 0 Å². The molecule has 0 N–H and O–H groups in total. The van der Waals surface area contributed by atoms with Crippen molar-refractivity contribution in [2.45, 2.75) is 193 Å². The number of rotatable bonds is 13. The smallest absolute Gasteiger partial charge is 0.331 e. The maximum absolute atomic E-state index is 13.3. The third-order valence-corrected chi connectivity index (χ3v) is 25.5. The minimum Gasteiger partial charge on any atom is -0.461 e. The average Bonchev–Trinajstić information content (AvgIpc) is 3.47. The van der Waals surface area contributed by atoms with Crippen molar-refractivity contribution in [1.82, 2.24) is 19.5 Å². The molecular formula is C38H69N5O8Si3. The van der Waals surface area contributed by atoms with Gasteiger partial charge < -0.3 is 32.4 Å². The third kappa shape index (κ3) is 9.15. The molecule has 4 rings (SSSR count). The van der Waals surface area contributed by atoms with E-state index >= 15 is 0 Å². The van der Waals surface area contributed by atoms with Crippen molar-refractivity contribution in [3.63, 3.8) is 0 Å². The Labute approximate surface area is 326 Å². The molecule has 0 bridgehead atoms. The Balaban J connectivity index is 1.85. The molecule has 4 heterocycles. The fraction of sp³-hybridized carbons (Fsp3) is 0.816. The molecule has 2 fully saturated rings. The lowest BCUT2D eigenvalue weighted by Crippen LogP contribution is -2.54. The van der Waals surface area contributed by atoms with Crippen molar-refractivity contribution in [1.29, 1.82) is 0 Å². The van der Waals surface area contributed by atoms with Gasteiger partial charge in [0.2, 0.25) is 0 Å². The number of hydrogen-bond acceptors (Lipinski definition) is 12. The van der Waals surface area contributed by atoms with Crippen LogP contribution < -0.4 is 4.90 Å². The number of imidazole rings is 1. The highest BCUT2D eigenvalue weighted by atomic mass is 28.4. The fourth-order valence-electron chi connectivity index (χ4n) is 5.67. The second kappa shape index (κ2) is 15.3. The Morgan fingerprint density at radius 3 is 1.63 bits per heavy atom. The average molecular weight is 808 g/mol. The van der Waals surface area contributed by atoms with Crippen molar-refractivity contribution in [2.75, 3.05) is 11.5 Å². The van der Waals surface area contributed by atoms with Gasteiger partial charge in [0.05, 0.1) is 25.1 Å². The van der Waals surface area contributed by atoms with Gasteiger partial charge in [0.1, 0.15) is 24.6 Å². The first-order valence-electron chi connectivity index (χ1n) is 19.4. The normalized spacial score (nSPS) is 24.5. The van der Waals surface area contributed by atoms with Gasteiger partial charge in [-0.2, -0.15) is 0 Å². The van der Waals surface area contributed by atoms with E-state index in [-0.39, 0.29) is 27.3 Å². The van der Waals surface area contributed by atoms with E-state index in [1.165, 1.54) is 6.33 Å². The number of aromatic nitrogens is 4. The zero-order valence-corrected chi connectivity index (χ0v) is 39.5. The molecule has 6 atom stereocenters. The van der Waals surface area contributed by atoms with Crippen LogP contribution in [0.15, 0.2) is 12.7 Å². The summed E-state index contributed by atoms with van der Waals surface area (Å²) in [5, 5.41) is -0.164. The van der Waals surface area contributed by atoms with E-state index in [2.05, 4.69) is 107 Å². The number of ether oxygens (including phenoxy) is 3. The summed E-state index contributed by atoms with van der Waals surface area (Å²) in [7, 11) is -6.95. The molecule has 0 unspecified atom stereocenters. The summed E-state index contributed by atoms with van der Waals surface area (Å²) in [6, 6.07) is -1.81. The van der Waals surface area contributed by atoms with E-state index < -0.39 is 73.5 Å². The van der Waals surface area contributed by atoms with Gasteiger partial charge >= 0.3 is 11.9 Å². The first-order chi connectivity index (χ1) is 24.4. The van der Waals surface area contributed by atoms with Crippen LogP contribution >= 0.6 is 0 Å². The Morgan fingerprint density at radius 2 is 1.19 bits per heavy atom. The quantitative estimate of drug-likeness (QED) is 0.110. The predicted molar refractivity (Wildman–Crippen MR) is 219 cm³/mol. The summed E-state index contributed by atoms with van der Waals surface area (Å²) in [6.45, 7) is 41.0. The minimum atomic E-state index is -2.42. The van der Waals surface area contributed by atoms with Crippen LogP contribution in [-0.2, 0) is 37.1 Å². The van der Waals surface area contributed by atoms with Crippen LogP contribution in [0.3, 0.4) is 0 Å². The summed E-state index contributed by atoms with van der Waals surface area (Å²) in [4.78, 5) is 42.2. The molecule has 306 valence electrons. The molecule has 13 nitrogen and oxygen atoms in total. The van der Waals surface area contributed by atoms with Gasteiger partial charge in [-0.15, -0.1) is 0 Å². The SMILES string of the molecule is CC(C)OC(=O)[C@@H]1[C@@H](C(=O)OC(C)C)N1c1ncnc2c1ncn2[C@@H]1O[C@H](CO[Si](C)(C)C(C)(C)C)[C@@H](O[Si](C)(C)C(C)(C)C)[C@H]1O[Si](C)(C)C(C)(C)C. The number of esters is 2. The number of fused-ring (bicyclic) bond motifs is 1. The number of anilines is 1. The Morgan fingerprint density at radius 1 is 0.722 bits per heavy atom. The fourth-order valence-corrected chi connectivity index (χ4v) is 9.29. The van der Waals surface area contributed by atoms with Crippen molar-refractivity contribution in [2.24, 2.45) is 0 Å².